The Balaban J connectivity index is 4.54. The van der Waals surface area contributed by atoms with E-state index >= 15 is 0 Å². The van der Waals surface area contributed by atoms with Crippen molar-refractivity contribution in [3.63, 3.8) is 0 Å². The lowest BCUT2D eigenvalue weighted by Crippen LogP contribution is -2.48. The average Bonchev–Trinajstić information content (AvgIpc) is 2.28. The normalized spacial score (nSPS) is 14.3. The lowest BCUT2D eigenvalue weighted by atomic mass is 10.1. The molecule has 17 heavy (non-hydrogen) atoms. The minimum absolute atomic E-state index is 0.169. The van der Waals surface area contributed by atoms with Crippen LogP contribution in [0.3, 0.4) is 0 Å². The molecule has 1 unspecified atom stereocenters. The van der Waals surface area contributed by atoms with Crippen molar-refractivity contribution in [1.29, 1.82) is 0 Å². The summed E-state index contributed by atoms with van der Waals surface area (Å²) in [6, 6.07) is 0.794. The predicted octanol–water partition coefficient (Wildman–Crippen LogP) is 1.69. The fourth-order valence-electron chi connectivity index (χ4n) is 2.08. The molecule has 0 heterocycles. The van der Waals surface area contributed by atoms with Crippen LogP contribution in [0.4, 0.5) is 0 Å². The highest BCUT2D eigenvalue weighted by atomic mass is 16.7. The van der Waals surface area contributed by atoms with E-state index in [9.17, 15) is 0 Å². The van der Waals surface area contributed by atoms with Crippen LogP contribution in [0, 0.1) is 5.92 Å². The highest BCUT2D eigenvalue weighted by molar-refractivity contribution is 4.77. The molecule has 4 heteroatoms. The number of rotatable bonds is 9. The van der Waals surface area contributed by atoms with Crippen LogP contribution >= 0.6 is 0 Å². The third-order valence-corrected chi connectivity index (χ3v) is 2.97. The van der Waals surface area contributed by atoms with E-state index in [2.05, 4.69) is 32.6 Å². The highest BCUT2D eigenvalue weighted by Crippen LogP contribution is 2.14. The molecule has 0 saturated carbocycles. The summed E-state index contributed by atoms with van der Waals surface area (Å²) >= 11 is 0. The summed E-state index contributed by atoms with van der Waals surface area (Å²) in [7, 11) is 3.34. The predicted molar refractivity (Wildman–Crippen MR) is 71.9 cm³/mol. The minimum atomic E-state index is -0.169. The van der Waals surface area contributed by atoms with Crippen molar-refractivity contribution >= 4 is 0 Å². The molecule has 0 spiro atoms. The van der Waals surface area contributed by atoms with Crippen molar-refractivity contribution in [2.75, 3.05) is 27.3 Å². The second-order valence-electron chi connectivity index (χ2n) is 5.21. The first-order valence-electron chi connectivity index (χ1n) is 6.47. The van der Waals surface area contributed by atoms with Gasteiger partial charge in [0.2, 0.25) is 0 Å². The van der Waals surface area contributed by atoms with Crippen LogP contribution in [-0.2, 0) is 9.47 Å². The summed E-state index contributed by atoms with van der Waals surface area (Å²) in [4.78, 5) is 2.44. The van der Waals surface area contributed by atoms with Gasteiger partial charge in [0.15, 0.2) is 6.29 Å². The van der Waals surface area contributed by atoms with Gasteiger partial charge in [-0.3, -0.25) is 4.90 Å². The Hall–Kier alpha value is -0.160. The molecule has 0 amide bonds. The Bertz CT molecular complexity index is 182. The second-order valence-corrected chi connectivity index (χ2v) is 5.21. The molecule has 0 aliphatic heterocycles. The average molecular weight is 246 g/mol. The maximum Gasteiger partial charge on any atom is 0.158 e. The number of nitrogens with two attached hydrogens (primary N) is 1. The zero-order valence-corrected chi connectivity index (χ0v) is 12.3. The van der Waals surface area contributed by atoms with Gasteiger partial charge < -0.3 is 15.2 Å². The lowest BCUT2D eigenvalue weighted by Gasteiger charge is -2.36. The number of nitrogens with zero attached hydrogens (tertiary/aromatic N) is 1. The topological polar surface area (TPSA) is 47.7 Å². The van der Waals surface area contributed by atoms with Gasteiger partial charge in [-0.2, -0.15) is 0 Å². The monoisotopic (exact) mass is 246 g/mol. The molecule has 0 aliphatic rings. The van der Waals surface area contributed by atoms with Crippen LogP contribution < -0.4 is 5.73 Å². The summed E-state index contributed by atoms with van der Waals surface area (Å²) < 4.78 is 10.5. The fraction of sp³-hybridized carbons (Fsp3) is 1.00. The van der Waals surface area contributed by atoms with E-state index in [1.165, 1.54) is 0 Å². The summed E-state index contributed by atoms with van der Waals surface area (Å²) in [5, 5.41) is 0. The molecule has 0 aromatic rings. The first-order valence-corrected chi connectivity index (χ1v) is 6.47. The maximum atomic E-state index is 5.89. The van der Waals surface area contributed by atoms with Crippen molar-refractivity contribution in [1.82, 2.24) is 4.90 Å². The van der Waals surface area contributed by atoms with E-state index in [4.69, 9.17) is 15.2 Å². The molecule has 0 rings (SSSR count). The minimum Gasteiger partial charge on any atom is -0.356 e. The second kappa shape index (κ2) is 8.86. The summed E-state index contributed by atoms with van der Waals surface area (Å²) in [5.74, 6) is 0.634. The zero-order chi connectivity index (χ0) is 13.4. The Morgan fingerprint density at radius 3 is 1.88 bits per heavy atom. The maximum absolute atomic E-state index is 5.89. The molecule has 0 radical (unpaired) electrons. The highest BCUT2D eigenvalue weighted by Gasteiger charge is 2.24. The van der Waals surface area contributed by atoms with E-state index in [1.807, 2.05) is 0 Å². The van der Waals surface area contributed by atoms with Crippen molar-refractivity contribution < 1.29 is 9.47 Å². The molecule has 0 aliphatic carbocycles. The van der Waals surface area contributed by atoms with Gasteiger partial charge >= 0.3 is 0 Å². The summed E-state index contributed by atoms with van der Waals surface area (Å²) in [5.41, 5.74) is 5.89. The van der Waals surface area contributed by atoms with Crippen LogP contribution in [-0.4, -0.2) is 50.6 Å². The van der Waals surface area contributed by atoms with Crippen molar-refractivity contribution in [3.05, 3.63) is 0 Å². The Kier molecular flexibility index (Phi) is 8.78. The Morgan fingerprint density at radius 2 is 1.59 bits per heavy atom. The van der Waals surface area contributed by atoms with E-state index < -0.39 is 0 Å². The van der Waals surface area contributed by atoms with Gasteiger partial charge in [-0.25, -0.2) is 0 Å². The van der Waals surface area contributed by atoms with Gasteiger partial charge in [-0.05, 0) is 19.8 Å². The van der Waals surface area contributed by atoms with E-state index in [0.717, 1.165) is 13.0 Å². The van der Waals surface area contributed by atoms with E-state index in [0.29, 0.717) is 24.5 Å². The summed E-state index contributed by atoms with van der Waals surface area (Å²) in [6.07, 6.45) is 0.644. The number of hydrogen-bond acceptors (Lipinski definition) is 4. The van der Waals surface area contributed by atoms with Crippen molar-refractivity contribution in [3.8, 4) is 0 Å². The van der Waals surface area contributed by atoms with Crippen LogP contribution in [0.15, 0.2) is 0 Å². The number of ether oxygens (including phenoxy) is 2. The van der Waals surface area contributed by atoms with Gasteiger partial charge in [0.05, 0.1) is 0 Å². The number of methoxy groups -OCH3 is 2. The zero-order valence-electron chi connectivity index (χ0n) is 12.3. The quantitative estimate of drug-likeness (QED) is 0.629. The Morgan fingerprint density at radius 1 is 1.06 bits per heavy atom. The van der Waals surface area contributed by atoms with Gasteiger partial charge in [-0.1, -0.05) is 13.8 Å². The largest absolute Gasteiger partial charge is 0.356 e. The SMILES string of the molecule is COC(CC(CN)N(CC(C)C)C(C)C)OC. The molecule has 0 bridgehead atoms. The van der Waals surface area contributed by atoms with Crippen LogP contribution in [0.25, 0.3) is 0 Å². The molecule has 0 aromatic carbocycles. The summed E-state index contributed by atoms with van der Waals surface area (Å²) in [6.45, 7) is 10.6. The molecule has 0 fully saturated rings. The standard InChI is InChI=1S/C13H30N2O2/c1-10(2)9-15(11(3)4)12(8-14)7-13(16-5)17-6/h10-13H,7-9,14H2,1-6H3. The first-order chi connectivity index (χ1) is 7.96. The van der Waals surface area contributed by atoms with Gasteiger partial charge in [0.1, 0.15) is 0 Å². The third kappa shape index (κ3) is 6.36. The molecular weight excluding hydrogens is 216 g/mol. The van der Waals surface area contributed by atoms with Gasteiger partial charge in [-0.15, -0.1) is 0 Å². The van der Waals surface area contributed by atoms with Gasteiger partial charge in [0.25, 0.3) is 0 Å². The molecule has 4 nitrogen and oxygen atoms in total. The third-order valence-electron chi connectivity index (χ3n) is 2.97. The Labute approximate surface area is 106 Å². The van der Waals surface area contributed by atoms with Crippen molar-refractivity contribution in [2.24, 2.45) is 11.7 Å². The van der Waals surface area contributed by atoms with Gasteiger partial charge in [0, 0.05) is 45.8 Å². The van der Waals surface area contributed by atoms with Crippen LogP contribution in [0.2, 0.25) is 0 Å². The fourth-order valence-corrected chi connectivity index (χ4v) is 2.08. The molecule has 0 saturated heterocycles. The molecule has 104 valence electrons. The molecule has 1 atom stereocenters. The molecule has 2 N–H and O–H groups in total. The first kappa shape index (κ1) is 16.8. The molecule has 0 aromatic heterocycles. The smallest absolute Gasteiger partial charge is 0.158 e. The van der Waals surface area contributed by atoms with Crippen LogP contribution in [0.1, 0.15) is 34.1 Å². The number of hydrogen-bond donors (Lipinski definition) is 1. The van der Waals surface area contributed by atoms with Crippen LogP contribution in [0.5, 0.6) is 0 Å². The lowest BCUT2D eigenvalue weighted by molar-refractivity contribution is -0.118. The van der Waals surface area contributed by atoms with E-state index in [1.54, 1.807) is 14.2 Å². The molecular formula is C13H30N2O2. The van der Waals surface area contributed by atoms with Crippen molar-refractivity contribution in [2.45, 2.75) is 52.5 Å². The van der Waals surface area contributed by atoms with E-state index in [-0.39, 0.29) is 6.29 Å².